The largest absolute Gasteiger partial charge is 0.325 e. The van der Waals surface area contributed by atoms with Crippen LogP contribution in [0.3, 0.4) is 0 Å². The average Bonchev–Trinajstić information content (AvgIpc) is 3.19. The molecule has 31 heavy (non-hydrogen) atoms. The Bertz CT molecular complexity index is 1170. The monoisotopic (exact) mass is 428 g/mol. The second kappa shape index (κ2) is 9.62. The molecule has 0 atom stereocenters. The van der Waals surface area contributed by atoms with E-state index in [1.54, 1.807) is 0 Å². The third-order valence-electron chi connectivity index (χ3n) is 5.13. The first kappa shape index (κ1) is 20.9. The highest BCUT2D eigenvalue weighted by Crippen LogP contribution is 2.24. The van der Waals surface area contributed by atoms with Crippen LogP contribution >= 0.6 is 11.8 Å². The van der Waals surface area contributed by atoms with Crippen molar-refractivity contribution in [2.24, 2.45) is 0 Å². The number of anilines is 1. The Hall–Kier alpha value is -3.38. The highest BCUT2D eigenvalue weighted by Gasteiger charge is 2.16. The zero-order valence-electron chi connectivity index (χ0n) is 17.6. The molecule has 0 aliphatic rings. The number of aromatic nitrogens is 3. The molecule has 0 spiro atoms. The van der Waals surface area contributed by atoms with Crippen molar-refractivity contribution < 1.29 is 4.79 Å². The first-order valence-electron chi connectivity index (χ1n) is 10.1. The van der Waals surface area contributed by atoms with Crippen molar-refractivity contribution in [1.82, 2.24) is 14.8 Å². The SMILES string of the molecule is Cc1cccc(NC(=O)CSc2nnc(Cc3ccccc3)n2-c2ccccc2)c1C. The summed E-state index contributed by atoms with van der Waals surface area (Å²) in [5.41, 5.74) is 5.23. The smallest absolute Gasteiger partial charge is 0.234 e. The van der Waals surface area contributed by atoms with E-state index in [4.69, 9.17) is 0 Å². The molecule has 0 unspecified atom stereocenters. The van der Waals surface area contributed by atoms with E-state index in [1.807, 2.05) is 85.1 Å². The van der Waals surface area contributed by atoms with Gasteiger partial charge in [0.1, 0.15) is 5.82 Å². The number of rotatable bonds is 7. The summed E-state index contributed by atoms with van der Waals surface area (Å²) in [5, 5.41) is 12.5. The molecule has 0 radical (unpaired) electrons. The van der Waals surface area contributed by atoms with Gasteiger partial charge in [0.25, 0.3) is 0 Å². The fourth-order valence-corrected chi connectivity index (χ4v) is 4.10. The summed E-state index contributed by atoms with van der Waals surface area (Å²) in [7, 11) is 0. The van der Waals surface area contributed by atoms with Crippen molar-refractivity contribution in [3.8, 4) is 5.69 Å². The van der Waals surface area contributed by atoms with Gasteiger partial charge in [-0.2, -0.15) is 0 Å². The van der Waals surface area contributed by atoms with Gasteiger partial charge in [-0.1, -0.05) is 72.4 Å². The van der Waals surface area contributed by atoms with E-state index in [0.717, 1.165) is 33.9 Å². The standard InChI is InChI=1S/C25H24N4OS/c1-18-10-9-15-22(19(18)2)26-24(30)17-31-25-28-27-23(16-20-11-5-3-6-12-20)29(25)21-13-7-4-8-14-21/h3-15H,16-17H2,1-2H3,(H,26,30). The summed E-state index contributed by atoms with van der Waals surface area (Å²) in [5.74, 6) is 1.03. The van der Waals surface area contributed by atoms with Gasteiger partial charge in [0.2, 0.25) is 5.91 Å². The number of nitrogens with one attached hydrogen (secondary N) is 1. The lowest BCUT2D eigenvalue weighted by atomic mass is 10.1. The first-order chi connectivity index (χ1) is 15.1. The van der Waals surface area contributed by atoms with E-state index in [2.05, 4.69) is 27.6 Å². The minimum absolute atomic E-state index is 0.0640. The van der Waals surface area contributed by atoms with Crippen LogP contribution in [0.15, 0.2) is 84.0 Å². The quantitative estimate of drug-likeness (QED) is 0.411. The number of nitrogens with zero attached hydrogens (tertiary/aromatic N) is 3. The van der Waals surface area contributed by atoms with E-state index in [1.165, 1.54) is 11.8 Å². The fourth-order valence-electron chi connectivity index (χ4n) is 3.33. The minimum Gasteiger partial charge on any atom is -0.325 e. The van der Waals surface area contributed by atoms with Gasteiger partial charge < -0.3 is 5.32 Å². The Labute approximate surface area is 186 Å². The summed E-state index contributed by atoms with van der Waals surface area (Å²) in [6, 6.07) is 26.1. The van der Waals surface area contributed by atoms with Crippen LogP contribution in [0.1, 0.15) is 22.5 Å². The van der Waals surface area contributed by atoms with Gasteiger partial charge in [-0.15, -0.1) is 10.2 Å². The summed E-state index contributed by atoms with van der Waals surface area (Å²) >= 11 is 1.39. The lowest BCUT2D eigenvalue weighted by molar-refractivity contribution is -0.113. The molecule has 6 heteroatoms. The number of carbonyl (C=O) groups is 1. The molecule has 0 saturated heterocycles. The van der Waals surface area contributed by atoms with E-state index in [9.17, 15) is 4.79 Å². The van der Waals surface area contributed by atoms with E-state index in [0.29, 0.717) is 11.6 Å². The van der Waals surface area contributed by atoms with Crippen LogP contribution in [-0.2, 0) is 11.2 Å². The van der Waals surface area contributed by atoms with E-state index < -0.39 is 0 Å². The summed E-state index contributed by atoms with van der Waals surface area (Å²) in [6.45, 7) is 4.05. The normalized spacial score (nSPS) is 10.8. The highest BCUT2D eigenvalue weighted by atomic mass is 32.2. The van der Waals surface area contributed by atoms with Crippen molar-refractivity contribution in [3.05, 3.63) is 101 Å². The number of aryl methyl sites for hydroxylation is 1. The Kier molecular flexibility index (Phi) is 6.48. The van der Waals surface area contributed by atoms with Gasteiger partial charge >= 0.3 is 0 Å². The third kappa shape index (κ3) is 5.03. The van der Waals surface area contributed by atoms with Crippen molar-refractivity contribution >= 4 is 23.4 Å². The lowest BCUT2D eigenvalue weighted by Gasteiger charge is -2.12. The molecule has 0 aliphatic carbocycles. The summed E-state index contributed by atoms with van der Waals surface area (Å²) < 4.78 is 2.03. The topological polar surface area (TPSA) is 59.8 Å². The number of hydrogen-bond donors (Lipinski definition) is 1. The maximum Gasteiger partial charge on any atom is 0.234 e. The van der Waals surface area contributed by atoms with Crippen LogP contribution in [0.4, 0.5) is 5.69 Å². The molecule has 0 saturated carbocycles. The van der Waals surface area contributed by atoms with E-state index in [-0.39, 0.29) is 11.7 Å². The predicted molar refractivity (Wildman–Crippen MR) is 126 cm³/mol. The zero-order chi connectivity index (χ0) is 21.6. The maximum absolute atomic E-state index is 12.6. The van der Waals surface area contributed by atoms with Gasteiger partial charge in [-0.05, 0) is 48.7 Å². The van der Waals surface area contributed by atoms with Crippen LogP contribution in [0, 0.1) is 13.8 Å². The zero-order valence-corrected chi connectivity index (χ0v) is 18.4. The molecule has 4 aromatic rings. The Morgan fingerprint density at radius 3 is 2.35 bits per heavy atom. The number of hydrogen-bond acceptors (Lipinski definition) is 4. The molecule has 1 aromatic heterocycles. The number of benzene rings is 3. The molecular formula is C25H24N4OS. The van der Waals surface area contributed by atoms with Gasteiger partial charge in [0, 0.05) is 17.8 Å². The predicted octanol–water partition coefficient (Wildman–Crippen LogP) is 5.21. The molecule has 1 N–H and O–H groups in total. The lowest BCUT2D eigenvalue weighted by Crippen LogP contribution is -2.15. The Morgan fingerprint density at radius 1 is 0.903 bits per heavy atom. The molecule has 0 fully saturated rings. The molecule has 1 heterocycles. The average molecular weight is 429 g/mol. The summed E-state index contributed by atoms with van der Waals surface area (Å²) in [6.07, 6.45) is 0.665. The van der Waals surface area contributed by atoms with Crippen molar-refractivity contribution in [2.75, 3.05) is 11.1 Å². The maximum atomic E-state index is 12.6. The highest BCUT2D eigenvalue weighted by molar-refractivity contribution is 7.99. The molecule has 4 rings (SSSR count). The number of amides is 1. The molecule has 1 amide bonds. The molecule has 5 nitrogen and oxygen atoms in total. The Morgan fingerprint density at radius 2 is 1.61 bits per heavy atom. The molecule has 3 aromatic carbocycles. The van der Waals surface area contributed by atoms with Crippen LogP contribution in [0.5, 0.6) is 0 Å². The second-order valence-corrected chi connectivity index (χ2v) is 8.26. The van der Waals surface area contributed by atoms with Crippen LogP contribution < -0.4 is 5.32 Å². The van der Waals surface area contributed by atoms with Crippen LogP contribution in [-0.4, -0.2) is 26.4 Å². The minimum atomic E-state index is -0.0640. The molecule has 0 aliphatic heterocycles. The van der Waals surface area contributed by atoms with Crippen LogP contribution in [0.2, 0.25) is 0 Å². The van der Waals surface area contributed by atoms with Crippen molar-refractivity contribution in [2.45, 2.75) is 25.4 Å². The van der Waals surface area contributed by atoms with Gasteiger partial charge in [0.05, 0.1) is 5.75 Å². The molecular weight excluding hydrogens is 404 g/mol. The first-order valence-corrected chi connectivity index (χ1v) is 11.1. The number of carbonyl (C=O) groups excluding carboxylic acids is 1. The third-order valence-corrected chi connectivity index (χ3v) is 6.06. The van der Waals surface area contributed by atoms with Gasteiger partial charge in [-0.3, -0.25) is 9.36 Å². The van der Waals surface area contributed by atoms with Crippen molar-refractivity contribution in [1.29, 1.82) is 0 Å². The molecule has 0 bridgehead atoms. The fraction of sp³-hybridized carbons (Fsp3) is 0.160. The number of para-hydroxylation sites is 1. The Balaban J connectivity index is 1.54. The van der Waals surface area contributed by atoms with Crippen molar-refractivity contribution in [3.63, 3.8) is 0 Å². The second-order valence-electron chi connectivity index (χ2n) is 7.32. The van der Waals surface area contributed by atoms with Gasteiger partial charge in [0.15, 0.2) is 5.16 Å². The summed E-state index contributed by atoms with van der Waals surface area (Å²) in [4.78, 5) is 12.6. The van der Waals surface area contributed by atoms with Crippen LogP contribution in [0.25, 0.3) is 5.69 Å². The van der Waals surface area contributed by atoms with Gasteiger partial charge in [-0.25, -0.2) is 0 Å². The number of thioether (sulfide) groups is 1. The van der Waals surface area contributed by atoms with E-state index >= 15 is 0 Å². The molecule has 156 valence electrons.